The van der Waals surface area contributed by atoms with Gasteiger partial charge in [0.15, 0.2) is 0 Å². The Labute approximate surface area is 206 Å². The van der Waals surface area contributed by atoms with Gasteiger partial charge in [-0.2, -0.15) is 0 Å². The van der Waals surface area contributed by atoms with Crippen LogP contribution in [0.25, 0.3) is 0 Å². The molecule has 0 aromatic carbocycles. The molecule has 4 saturated carbocycles. The quantitative estimate of drug-likeness (QED) is 0.507. The Balaban J connectivity index is 1.29. The molecule has 0 saturated heterocycles. The smallest absolute Gasteiger partial charge is 0.0882 e. The Bertz CT molecular complexity index is 860. The Morgan fingerprint density at radius 3 is 2.67 bits per heavy atom. The molecular formula is C29H44ClNO2. The highest BCUT2D eigenvalue weighted by molar-refractivity contribution is 6.31. The van der Waals surface area contributed by atoms with E-state index in [1.165, 1.54) is 44.9 Å². The fourth-order valence-corrected chi connectivity index (χ4v) is 9.70. The lowest BCUT2D eigenvalue weighted by Gasteiger charge is -2.57. The molecule has 1 aromatic heterocycles. The number of ether oxygens (including phenoxy) is 1. The van der Waals surface area contributed by atoms with Crippen LogP contribution in [-0.2, 0) is 11.2 Å². The van der Waals surface area contributed by atoms with Crippen molar-refractivity contribution < 1.29 is 9.84 Å². The van der Waals surface area contributed by atoms with E-state index in [0.29, 0.717) is 23.9 Å². The molecule has 4 fully saturated rings. The van der Waals surface area contributed by atoms with Crippen molar-refractivity contribution in [2.45, 2.75) is 90.6 Å². The minimum absolute atomic E-state index is 0.467. The van der Waals surface area contributed by atoms with Crippen LogP contribution in [0.5, 0.6) is 0 Å². The second-order valence-corrected chi connectivity index (χ2v) is 13.0. The first-order valence-electron chi connectivity index (χ1n) is 13.6. The number of rotatable bonds is 5. The summed E-state index contributed by atoms with van der Waals surface area (Å²) in [7, 11) is 1.73. The molecule has 0 spiro atoms. The molecule has 0 bridgehead atoms. The monoisotopic (exact) mass is 473 g/mol. The Morgan fingerprint density at radius 2 is 1.88 bits per heavy atom. The summed E-state index contributed by atoms with van der Waals surface area (Å²) in [6.45, 7) is 7.66. The molecule has 0 radical (unpaired) electrons. The molecule has 1 heterocycles. The molecule has 0 amide bonds. The summed E-state index contributed by atoms with van der Waals surface area (Å²) in [5.74, 6) is 5.60. The standard InChI is InChI=1S/C29H44ClNO2/c1-18(15-27-26(30)10-5-19(2)31-27)24-8-9-25-23-7-6-20-16-29(32,17-33-4)14-12-21(20)22(23)11-13-28(24,25)3/h5,10,18,20-25,32H,6-9,11-17H2,1-4H3/t18-,20-,21+,22-,23-,24-,25+,28-,29-/m1/s1. The average Bonchev–Trinajstić information content (AvgIpc) is 3.13. The molecule has 0 aliphatic heterocycles. The lowest BCUT2D eigenvalue weighted by molar-refractivity contribution is -0.125. The zero-order chi connectivity index (χ0) is 23.4. The number of pyridine rings is 1. The fourth-order valence-electron chi connectivity index (χ4n) is 9.52. The van der Waals surface area contributed by atoms with Crippen LogP contribution in [0.1, 0.15) is 83.0 Å². The van der Waals surface area contributed by atoms with Crippen molar-refractivity contribution in [2.75, 3.05) is 13.7 Å². The van der Waals surface area contributed by atoms with E-state index in [0.717, 1.165) is 65.3 Å². The van der Waals surface area contributed by atoms with Crippen molar-refractivity contribution in [1.29, 1.82) is 0 Å². The summed E-state index contributed by atoms with van der Waals surface area (Å²) in [4.78, 5) is 4.79. The predicted octanol–water partition coefficient (Wildman–Crippen LogP) is 6.87. The topological polar surface area (TPSA) is 42.4 Å². The first-order chi connectivity index (χ1) is 15.7. The average molecular weight is 474 g/mol. The van der Waals surface area contributed by atoms with Crippen molar-refractivity contribution >= 4 is 11.6 Å². The number of hydrogen-bond donors (Lipinski definition) is 1. The van der Waals surface area contributed by atoms with Crippen LogP contribution in [0.2, 0.25) is 5.02 Å². The SMILES string of the molecule is COC[C@@]1(O)CC[C@H]2[C@H](CC[C@@H]3[C@@H]2CC[C@]2(C)[C@@H]([C@H](C)Cc4nc(C)ccc4Cl)CC[C@@H]32)C1. The van der Waals surface area contributed by atoms with Gasteiger partial charge >= 0.3 is 0 Å². The fraction of sp³-hybridized carbons (Fsp3) is 0.828. The van der Waals surface area contributed by atoms with Crippen LogP contribution < -0.4 is 0 Å². The van der Waals surface area contributed by atoms with E-state index in [-0.39, 0.29) is 0 Å². The normalized spacial score (nSPS) is 43.5. The van der Waals surface area contributed by atoms with Crippen LogP contribution in [0.3, 0.4) is 0 Å². The number of aliphatic hydroxyl groups is 1. The number of halogens is 1. The van der Waals surface area contributed by atoms with E-state index in [4.69, 9.17) is 21.3 Å². The lowest BCUT2D eigenvalue weighted by Crippen LogP contribution is -2.52. The van der Waals surface area contributed by atoms with Gasteiger partial charge in [-0.3, -0.25) is 4.98 Å². The first kappa shape index (κ1) is 24.1. The Kier molecular flexibility index (Phi) is 6.64. The number of aromatic nitrogens is 1. The molecular weight excluding hydrogens is 430 g/mol. The summed E-state index contributed by atoms with van der Waals surface area (Å²) in [6.07, 6.45) is 12.3. The van der Waals surface area contributed by atoms with Crippen LogP contribution in [-0.4, -0.2) is 29.4 Å². The highest BCUT2D eigenvalue weighted by Gasteiger charge is 2.58. The molecule has 184 valence electrons. The maximum atomic E-state index is 11.0. The molecule has 5 rings (SSSR count). The molecule has 9 atom stereocenters. The van der Waals surface area contributed by atoms with Crippen molar-refractivity contribution in [3.8, 4) is 0 Å². The summed E-state index contributed by atoms with van der Waals surface area (Å²) >= 11 is 6.53. The van der Waals surface area contributed by atoms with Crippen molar-refractivity contribution in [2.24, 2.45) is 46.8 Å². The molecule has 4 aliphatic carbocycles. The lowest BCUT2D eigenvalue weighted by atomic mass is 9.48. The number of fused-ring (bicyclic) bond motifs is 5. The van der Waals surface area contributed by atoms with Gasteiger partial charge in [0.2, 0.25) is 0 Å². The van der Waals surface area contributed by atoms with Gasteiger partial charge in [0.25, 0.3) is 0 Å². The van der Waals surface area contributed by atoms with E-state index in [1.54, 1.807) is 7.11 Å². The van der Waals surface area contributed by atoms with Gasteiger partial charge in [0.1, 0.15) is 0 Å². The zero-order valence-electron chi connectivity index (χ0n) is 21.2. The van der Waals surface area contributed by atoms with Crippen molar-refractivity contribution in [3.05, 3.63) is 28.5 Å². The van der Waals surface area contributed by atoms with Gasteiger partial charge in [0, 0.05) is 12.8 Å². The second kappa shape index (κ2) is 9.10. The van der Waals surface area contributed by atoms with Gasteiger partial charge < -0.3 is 9.84 Å². The molecule has 1 N–H and O–H groups in total. The highest BCUT2D eigenvalue weighted by Crippen LogP contribution is 2.65. The number of methoxy groups -OCH3 is 1. The number of hydrogen-bond acceptors (Lipinski definition) is 3. The minimum atomic E-state index is -0.578. The largest absolute Gasteiger partial charge is 0.387 e. The molecule has 4 aliphatic rings. The van der Waals surface area contributed by atoms with Crippen LogP contribution in [0, 0.1) is 53.8 Å². The van der Waals surface area contributed by atoms with E-state index in [1.807, 2.05) is 12.1 Å². The van der Waals surface area contributed by atoms with E-state index < -0.39 is 5.60 Å². The predicted molar refractivity (Wildman–Crippen MR) is 134 cm³/mol. The van der Waals surface area contributed by atoms with E-state index in [2.05, 4.69) is 20.8 Å². The number of nitrogens with zero attached hydrogens (tertiary/aromatic N) is 1. The van der Waals surface area contributed by atoms with E-state index in [9.17, 15) is 5.11 Å². The summed E-state index contributed by atoms with van der Waals surface area (Å²) < 4.78 is 5.37. The second-order valence-electron chi connectivity index (χ2n) is 12.6. The number of aryl methyl sites for hydroxylation is 1. The third kappa shape index (κ3) is 4.29. The molecule has 3 nitrogen and oxygen atoms in total. The van der Waals surface area contributed by atoms with Crippen molar-refractivity contribution in [3.63, 3.8) is 0 Å². The molecule has 4 heteroatoms. The first-order valence-corrected chi connectivity index (χ1v) is 14.0. The van der Waals surface area contributed by atoms with Crippen LogP contribution >= 0.6 is 11.6 Å². The van der Waals surface area contributed by atoms with Crippen LogP contribution in [0.4, 0.5) is 0 Å². The zero-order valence-corrected chi connectivity index (χ0v) is 21.9. The maximum absolute atomic E-state index is 11.0. The van der Waals surface area contributed by atoms with Gasteiger partial charge in [0.05, 0.1) is 22.9 Å². The highest BCUT2D eigenvalue weighted by atomic mass is 35.5. The van der Waals surface area contributed by atoms with Crippen molar-refractivity contribution in [1.82, 2.24) is 4.98 Å². The van der Waals surface area contributed by atoms with Gasteiger partial charge in [-0.15, -0.1) is 0 Å². The van der Waals surface area contributed by atoms with Gasteiger partial charge in [-0.1, -0.05) is 25.4 Å². The van der Waals surface area contributed by atoms with Gasteiger partial charge in [-0.05, 0) is 130 Å². The van der Waals surface area contributed by atoms with Crippen LogP contribution in [0.15, 0.2) is 12.1 Å². The maximum Gasteiger partial charge on any atom is 0.0882 e. The molecule has 1 aromatic rings. The van der Waals surface area contributed by atoms with E-state index >= 15 is 0 Å². The third-order valence-corrected chi connectivity index (χ3v) is 11.2. The van der Waals surface area contributed by atoms with Gasteiger partial charge in [-0.25, -0.2) is 0 Å². The summed E-state index contributed by atoms with van der Waals surface area (Å²) in [6, 6.07) is 4.04. The Morgan fingerprint density at radius 1 is 1.09 bits per heavy atom. The summed E-state index contributed by atoms with van der Waals surface area (Å²) in [5.41, 5.74) is 2.05. The third-order valence-electron chi connectivity index (χ3n) is 10.9. The molecule has 0 unspecified atom stereocenters. The molecule has 33 heavy (non-hydrogen) atoms. The minimum Gasteiger partial charge on any atom is -0.387 e. The summed E-state index contributed by atoms with van der Waals surface area (Å²) in [5, 5.41) is 11.8. The Hall–Kier alpha value is -0.640.